The summed E-state index contributed by atoms with van der Waals surface area (Å²) in [6.45, 7) is 10.3. The molecule has 0 atom stereocenters. The summed E-state index contributed by atoms with van der Waals surface area (Å²) in [5, 5.41) is 9.04. The van der Waals surface area contributed by atoms with Gasteiger partial charge in [0.1, 0.15) is 18.1 Å². The predicted octanol–water partition coefficient (Wildman–Crippen LogP) is 2.71. The van der Waals surface area contributed by atoms with E-state index in [-0.39, 0.29) is 17.8 Å². The molecule has 0 unspecified atom stereocenters. The van der Waals surface area contributed by atoms with Crippen LogP contribution in [0.25, 0.3) is 0 Å². The molecular weight excluding hydrogens is 701 g/mol. The number of nitrogens with zero attached hydrogens (tertiary/aromatic N) is 9. The second kappa shape index (κ2) is 14.7. The van der Waals surface area contributed by atoms with Crippen LogP contribution in [0.3, 0.4) is 0 Å². The van der Waals surface area contributed by atoms with Gasteiger partial charge in [0.15, 0.2) is 0 Å². The number of hydrogen-bond donors (Lipinski definition) is 3. The molecule has 3 aromatic heterocycles. The number of ether oxygens (including phenoxy) is 1. The van der Waals surface area contributed by atoms with Gasteiger partial charge in [-0.1, -0.05) is 6.07 Å². The van der Waals surface area contributed by atoms with Gasteiger partial charge in [-0.3, -0.25) is 24.7 Å². The highest BCUT2D eigenvalue weighted by molar-refractivity contribution is 6.05. The number of carbonyl (C=O) groups excluding carboxylic acids is 3. The minimum atomic E-state index is -0.372. The van der Waals surface area contributed by atoms with Crippen molar-refractivity contribution in [1.82, 2.24) is 35.1 Å². The number of aromatic nitrogens is 4. The Balaban J connectivity index is 0.732. The SMILES string of the molecule is Cc1c(N2CCc3cnc(Nc4ccc(CC(=O)N5CCN(C6CN(c7ccc(N8CCC(=O)NC8=O)cc7)C6)CC5)cn4)nc3C2)cnc2c1NCCO2. The normalized spacial score (nSPS) is 18.8. The third kappa shape index (κ3) is 7.16. The number of hydrogen-bond acceptors (Lipinski definition) is 13. The van der Waals surface area contributed by atoms with Crippen molar-refractivity contribution >= 4 is 52.4 Å². The number of nitrogens with one attached hydrogen (secondary N) is 3. The molecule has 0 saturated carbocycles. The molecule has 5 aliphatic heterocycles. The molecule has 4 aromatic rings. The summed E-state index contributed by atoms with van der Waals surface area (Å²) in [5.74, 6) is 1.64. The molecule has 0 radical (unpaired) electrons. The van der Waals surface area contributed by atoms with Gasteiger partial charge in [0, 0.05) is 101 Å². The Labute approximate surface area is 318 Å². The topological polar surface area (TPSA) is 164 Å². The molecule has 55 heavy (non-hydrogen) atoms. The van der Waals surface area contributed by atoms with Crippen LogP contribution in [0.1, 0.15) is 28.8 Å². The zero-order valence-electron chi connectivity index (χ0n) is 30.8. The van der Waals surface area contributed by atoms with Crippen molar-refractivity contribution in [1.29, 1.82) is 0 Å². The molecule has 3 N–H and O–H groups in total. The minimum Gasteiger partial charge on any atom is -0.474 e. The lowest BCUT2D eigenvalue weighted by Crippen LogP contribution is -2.63. The first-order valence-corrected chi connectivity index (χ1v) is 19.0. The first kappa shape index (κ1) is 34.7. The Morgan fingerprint density at radius 1 is 0.891 bits per heavy atom. The first-order chi connectivity index (χ1) is 26.8. The lowest BCUT2D eigenvalue weighted by molar-refractivity contribution is -0.132. The van der Waals surface area contributed by atoms with E-state index < -0.39 is 0 Å². The predicted molar refractivity (Wildman–Crippen MR) is 207 cm³/mol. The number of fused-ring (bicyclic) bond motifs is 2. The van der Waals surface area contributed by atoms with Crippen molar-refractivity contribution in [2.24, 2.45) is 0 Å². The third-order valence-corrected chi connectivity index (χ3v) is 11.3. The molecule has 16 nitrogen and oxygen atoms in total. The number of imide groups is 1. The molecule has 8 heterocycles. The molecule has 1 aromatic carbocycles. The van der Waals surface area contributed by atoms with E-state index in [1.807, 2.05) is 53.7 Å². The van der Waals surface area contributed by atoms with E-state index in [2.05, 4.69) is 52.5 Å². The standard InChI is InChI=1S/C39H44N12O4/c1-25-32(21-42-37-36(25)40-10-17-55-37)49-11-8-27-20-43-38(44-31(27)24-49)45-33-7-2-26(19-41-33)18-35(53)48-15-13-47(14-16-48)30-22-50(23-30)28-3-5-29(6-4-28)51-12-9-34(52)46-39(51)54/h2-7,19-21,30,40H,8-18,22-24H2,1H3,(H,46,52,54)(H,41,43,44,45). The Hall–Kier alpha value is -6.03. The number of pyridine rings is 2. The Morgan fingerprint density at radius 3 is 2.49 bits per heavy atom. The molecule has 4 amide bonds. The molecule has 3 fully saturated rings. The summed E-state index contributed by atoms with van der Waals surface area (Å²) in [6.07, 6.45) is 6.99. The van der Waals surface area contributed by atoms with Crippen molar-refractivity contribution in [2.75, 3.05) is 90.8 Å². The second-order valence-corrected chi connectivity index (χ2v) is 14.7. The van der Waals surface area contributed by atoms with Crippen LogP contribution in [0, 0.1) is 6.92 Å². The quantitative estimate of drug-likeness (QED) is 0.242. The third-order valence-electron chi connectivity index (χ3n) is 11.3. The monoisotopic (exact) mass is 744 g/mol. The highest BCUT2D eigenvalue weighted by Crippen LogP contribution is 2.36. The van der Waals surface area contributed by atoms with Crippen LogP contribution in [-0.4, -0.2) is 119 Å². The van der Waals surface area contributed by atoms with Gasteiger partial charge in [-0.05, 0) is 54.8 Å². The minimum absolute atomic E-state index is 0.111. The van der Waals surface area contributed by atoms with E-state index in [0.29, 0.717) is 69.3 Å². The highest BCUT2D eigenvalue weighted by atomic mass is 16.5. The van der Waals surface area contributed by atoms with Crippen LogP contribution < -0.4 is 35.4 Å². The summed E-state index contributed by atoms with van der Waals surface area (Å²) >= 11 is 0. The van der Waals surface area contributed by atoms with Crippen LogP contribution in [0.2, 0.25) is 0 Å². The molecule has 16 heteroatoms. The zero-order chi connectivity index (χ0) is 37.5. The second-order valence-electron chi connectivity index (χ2n) is 14.7. The fourth-order valence-electron chi connectivity index (χ4n) is 7.99. The summed E-state index contributed by atoms with van der Waals surface area (Å²) < 4.78 is 5.71. The van der Waals surface area contributed by atoms with E-state index >= 15 is 0 Å². The number of benzene rings is 1. The number of anilines is 6. The van der Waals surface area contributed by atoms with Crippen LogP contribution in [0.5, 0.6) is 5.88 Å². The molecule has 0 bridgehead atoms. The van der Waals surface area contributed by atoms with E-state index in [1.165, 1.54) is 0 Å². The van der Waals surface area contributed by atoms with Crippen LogP contribution in [0.15, 0.2) is 55.0 Å². The average molecular weight is 745 g/mol. The summed E-state index contributed by atoms with van der Waals surface area (Å²) in [6, 6.07) is 11.8. The van der Waals surface area contributed by atoms with E-state index in [0.717, 1.165) is 90.8 Å². The number of carbonyl (C=O) groups is 3. The number of rotatable bonds is 8. The summed E-state index contributed by atoms with van der Waals surface area (Å²) in [4.78, 5) is 66.1. The van der Waals surface area contributed by atoms with Crippen LogP contribution >= 0.6 is 0 Å². The van der Waals surface area contributed by atoms with Gasteiger partial charge in [-0.15, -0.1) is 0 Å². The Morgan fingerprint density at radius 2 is 1.71 bits per heavy atom. The summed E-state index contributed by atoms with van der Waals surface area (Å²) in [5.41, 5.74) is 8.03. The molecule has 5 aliphatic rings. The maximum atomic E-state index is 13.2. The van der Waals surface area contributed by atoms with E-state index in [4.69, 9.17) is 9.72 Å². The molecule has 0 aliphatic carbocycles. The molecule has 3 saturated heterocycles. The maximum absolute atomic E-state index is 13.2. The van der Waals surface area contributed by atoms with Gasteiger partial charge in [0.2, 0.25) is 23.6 Å². The zero-order valence-corrected chi connectivity index (χ0v) is 30.8. The Bertz CT molecular complexity index is 2100. The van der Waals surface area contributed by atoms with E-state index in [9.17, 15) is 14.4 Å². The van der Waals surface area contributed by atoms with E-state index in [1.54, 1.807) is 11.1 Å². The average Bonchev–Trinajstić information content (AvgIpc) is 3.19. The van der Waals surface area contributed by atoms with Gasteiger partial charge in [-0.25, -0.2) is 24.7 Å². The smallest absolute Gasteiger partial charge is 0.328 e. The van der Waals surface area contributed by atoms with Gasteiger partial charge in [0.25, 0.3) is 0 Å². The largest absolute Gasteiger partial charge is 0.474 e. The molecular formula is C39H44N12O4. The number of piperazine rings is 1. The van der Waals surface area contributed by atoms with Gasteiger partial charge < -0.3 is 30.1 Å². The number of urea groups is 1. The van der Waals surface area contributed by atoms with Crippen LogP contribution in [-0.2, 0) is 29.0 Å². The fourth-order valence-corrected chi connectivity index (χ4v) is 7.99. The van der Waals surface area contributed by atoms with Crippen molar-refractivity contribution in [3.05, 3.63) is 77.4 Å². The maximum Gasteiger partial charge on any atom is 0.328 e. The van der Waals surface area contributed by atoms with Gasteiger partial charge >= 0.3 is 6.03 Å². The van der Waals surface area contributed by atoms with Gasteiger partial charge in [0.05, 0.1) is 30.5 Å². The Kier molecular flexibility index (Phi) is 9.25. The lowest BCUT2D eigenvalue weighted by atomic mass is 10.0. The van der Waals surface area contributed by atoms with Crippen molar-refractivity contribution in [3.8, 4) is 5.88 Å². The molecule has 9 rings (SSSR count). The first-order valence-electron chi connectivity index (χ1n) is 19.0. The fraction of sp³-hybridized carbons (Fsp3) is 0.410. The van der Waals surface area contributed by atoms with Crippen molar-refractivity contribution in [3.63, 3.8) is 0 Å². The van der Waals surface area contributed by atoms with Crippen molar-refractivity contribution < 1.29 is 19.1 Å². The molecule has 284 valence electrons. The lowest BCUT2D eigenvalue weighted by Gasteiger charge is -2.49. The van der Waals surface area contributed by atoms with Crippen LogP contribution in [0.4, 0.5) is 39.3 Å². The summed E-state index contributed by atoms with van der Waals surface area (Å²) in [7, 11) is 0. The number of amides is 4. The molecule has 0 spiro atoms. The van der Waals surface area contributed by atoms with Gasteiger partial charge in [-0.2, -0.15) is 0 Å². The highest BCUT2D eigenvalue weighted by Gasteiger charge is 2.35. The van der Waals surface area contributed by atoms with Crippen molar-refractivity contribution in [2.45, 2.75) is 38.8 Å².